The number of unbranched alkanes of at least 4 members (excludes halogenated alkanes) is 2. The summed E-state index contributed by atoms with van der Waals surface area (Å²) in [4.78, 5) is 16.4. The van der Waals surface area contributed by atoms with Crippen molar-refractivity contribution in [3.05, 3.63) is 57.6 Å². The van der Waals surface area contributed by atoms with Crippen LogP contribution in [0.3, 0.4) is 0 Å². The Bertz CT molecular complexity index is 972. The monoisotopic (exact) mass is 511 g/mol. The Hall–Kier alpha value is -1.94. The lowest BCUT2D eigenvalue weighted by Gasteiger charge is -2.25. The topological polar surface area (TPSA) is 40.5 Å². The molecule has 0 aromatic heterocycles. The third-order valence-corrected chi connectivity index (χ3v) is 7.82. The van der Waals surface area contributed by atoms with Gasteiger partial charge in [0.2, 0.25) is 0 Å². The number of carbonyl (C=O) groups excluding carboxylic acids is 1. The van der Waals surface area contributed by atoms with Gasteiger partial charge in [-0.3, -0.25) is 4.79 Å². The Balaban J connectivity index is 2.62. The minimum absolute atomic E-state index is 0.0464. The van der Waals surface area contributed by atoms with E-state index in [1.807, 2.05) is 17.2 Å². The fourth-order valence-electron chi connectivity index (χ4n) is 4.78. The number of carbonyl (C=O) groups is 1. The molecule has 4 heteroatoms. The summed E-state index contributed by atoms with van der Waals surface area (Å²) < 4.78 is 0. The lowest BCUT2D eigenvalue weighted by atomic mass is 9.82. The fourth-order valence-corrected chi connectivity index (χ4v) is 5.35. The lowest BCUT2D eigenvalue weighted by Crippen LogP contribution is -2.33. The van der Waals surface area contributed by atoms with Crippen LogP contribution >= 0.6 is 11.8 Å². The zero-order valence-electron chi connectivity index (χ0n) is 24.2. The molecule has 0 unspecified atom stereocenters. The molecule has 2 rings (SSSR count). The van der Waals surface area contributed by atoms with Crippen LogP contribution in [0, 0.1) is 0 Å². The van der Waals surface area contributed by atoms with Gasteiger partial charge in [-0.25, -0.2) is 0 Å². The van der Waals surface area contributed by atoms with Crippen molar-refractivity contribution in [1.82, 2.24) is 4.90 Å². The number of phenolic OH excluding ortho intramolecular Hbond substituents is 1. The summed E-state index contributed by atoms with van der Waals surface area (Å²) in [5, 5.41) is 11.1. The van der Waals surface area contributed by atoms with E-state index in [9.17, 15) is 9.90 Å². The van der Waals surface area contributed by atoms with Crippen molar-refractivity contribution in [2.45, 2.75) is 110 Å². The van der Waals surface area contributed by atoms with Gasteiger partial charge in [-0.1, -0.05) is 80.4 Å². The second-order valence-corrected chi connectivity index (χ2v) is 11.9. The summed E-state index contributed by atoms with van der Waals surface area (Å²) in [7, 11) is 0. The van der Waals surface area contributed by atoms with Crippen molar-refractivity contribution in [3.8, 4) is 5.75 Å². The number of thioether (sulfide) groups is 1. The Morgan fingerprint density at radius 1 is 0.861 bits per heavy atom. The van der Waals surface area contributed by atoms with E-state index in [4.69, 9.17) is 0 Å². The Kier molecular flexibility index (Phi) is 11.9. The molecule has 0 radical (unpaired) electrons. The van der Waals surface area contributed by atoms with Crippen LogP contribution in [-0.4, -0.2) is 35.3 Å². The van der Waals surface area contributed by atoms with E-state index in [0.29, 0.717) is 23.3 Å². The highest BCUT2D eigenvalue weighted by molar-refractivity contribution is 7.98. The van der Waals surface area contributed by atoms with Gasteiger partial charge in [-0.2, -0.15) is 0 Å². The molecule has 0 saturated heterocycles. The summed E-state index contributed by atoms with van der Waals surface area (Å²) in [5.74, 6) is 1.38. The summed E-state index contributed by atoms with van der Waals surface area (Å²) in [5.41, 5.74) is 7.08. The molecule has 0 bridgehead atoms. The zero-order chi connectivity index (χ0) is 27.0. The number of rotatable bonds is 13. The van der Waals surface area contributed by atoms with E-state index < -0.39 is 0 Å². The maximum absolute atomic E-state index is 13.7. The minimum atomic E-state index is -0.0464. The van der Waals surface area contributed by atoms with Gasteiger partial charge in [0.1, 0.15) is 5.75 Å². The predicted molar refractivity (Wildman–Crippen MR) is 157 cm³/mol. The van der Waals surface area contributed by atoms with E-state index >= 15 is 0 Å². The van der Waals surface area contributed by atoms with Crippen molar-refractivity contribution in [2.75, 3.05) is 19.3 Å². The molecular formula is C32H49NO2S. The molecule has 0 fully saturated rings. The minimum Gasteiger partial charge on any atom is -0.506 e. The van der Waals surface area contributed by atoms with Gasteiger partial charge in [0.15, 0.2) is 0 Å². The number of nitrogens with zero attached hydrogens (tertiary/aromatic N) is 1. The van der Waals surface area contributed by atoms with E-state index in [1.165, 1.54) is 34.0 Å². The molecule has 0 heterocycles. The molecule has 36 heavy (non-hydrogen) atoms. The standard InChI is InChI=1S/C32H49NO2S/c1-10-12-14-33(15-13-11-2)32(35)29-17-24(18-30(36-9)31(29)34)16-28-26(22(5)6)19-25(21(3)4)20-27(28)23(7)8/h17-23,34H,10-16H2,1-9H3. The molecule has 1 amide bonds. The van der Waals surface area contributed by atoms with Crippen molar-refractivity contribution >= 4 is 17.7 Å². The average Bonchev–Trinajstić information content (AvgIpc) is 2.84. The maximum Gasteiger partial charge on any atom is 0.257 e. The number of benzene rings is 2. The van der Waals surface area contributed by atoms with Crippen LogP contribution in [0.5, 0.6) is 5.75 Å². The summed E-state index contributed by atoms with van der Waals surface area (Å²) in [6.45, 7) is 19.4. The van der Waals surface area contributed by atoms with E-state index in [2.05, 4.69) is 73.6 Å². The number of aromatic hydroxyl groups is 1. The molecule has 0 aliphatic rings. The van der Waals surface area contributed by atoms with Crippen molar-refractivity contribution in [3.63, 3.8) is 0 Å². The van der Waals surface area contributed by atoms with Gasteiger partial charge in [-0.15, -0.1) is 11.8 Å². The van der Waals surface area contributed by atoms with Crippen LogP contribution in [0.15, 0.2) is 29.2 Å². The highest BCUT2D eigenvalue weighted by atomic mass is 32.2. The molecule has 0 spiro atoms. The Morgan fingerprint density at radius 3 is 1.81 bits per heavy atom. The molecule has 0 atom stereocenters. The SMILES string of the molecule is CCCCN(CCCC)C(=O)c1cc(Cc2c(C(C)C)cc(C(C)C)cc2C(C)C)cc(SC)c1O. The Labute approximate surface area is 225 Å². The highest BCUT2D eigenvalue weighted by Crippen LogP contribution is 2.37. The number of hydrogen-bond acceptors (Lipinski definition) is 3. The van der Waals surface area contributed by atoms with Gasteiger partial charge >= 0.3 is 0 Å². The van der Waals surface area contributed by atoms with Crippen molar-refractivity contribution in [2.24, 2.45) is 0 Å². The van der Waals surface area contributed by atoms with Gasteiger partial charge in [0.05, 0.1) is 5.56 Å². The molecule has 200 valence electrons. The van der Waals surface area contributed by atoms with Crippen LogP contribution in [0.25, 0.3) is 0 Å². The first-order valence-corrected chi connectivity index (χ1v) is 15.1. The van der Waals surface area contributed by atoms with Gasteiger partial charge < -0.3 is 10.0 Å². The van der Waals surface area contributed by atoms with Crippen LogP contribution in [-0.2, 0) is 6.42 Å². The number of phenols is 1. The zero-order valence-corrected chi connectivity index (χ0v) is 25.0. The first kappa shape index (κ1) is 30.3. The lowest BCUT2D eigenvalue weighted by molar-refractivity contribution is 0.0747. The molecule has 0 aliphatic carbocycles. The normalized spacial score (nSPS) is 11.7. The van der Waals surface area contributed by atoms with Gasteiger partial charge in [0.25, 0.3) is 5.91 Å². The molecule has 0 aliphatic heterocycles. The smallest absolute Gasteiger partial charge is 0.257 e. The molecular weight excluding hydrogens is 462 g/mol. The van der Waals surface area contributed by atoms with Gasteiger partial charge in [-0.05, 0) is 83.2 Å². The molecule has 1 N–H and O–H groups in total. The van der Waals surface area contributed by atoms with Crippen molar-refractivity contribution in [1.29, 1.82) is 0 Å². The number of hydrogen-bond donors (Lipinski definition) is 1. The molecule has 3 nitrogen and oxygen atoms in total. The van der Waals surface area contributed by atoms with Crippen LogP contribution in [0.1, 0.15) is 137 Å². The number of amides is 1. The van der Waals surface area contributed by atoms with Crippen molar-refractivity contribution < 1.29 is 9.90 Å². The van der Waals surface area contributed by atoms with Crippen LogP contribution < -0.4 is 0 Å². The van der Waals surface area contributed by atoms with E-state index in [-0.39, 0.29) is 11.7 Å². The maximum atomic E-state index is 13.7. The highest BCUT2D eigenvalue weighted by Gasteiger charge is 2.23. The van der Waals surface area contributed by atoms with Gasteiger partial charge in [0, 0.05) is 18.0 Å². The summed E-state index contributed by atoms with van der Waals surface area (Å²) in [6, 6.07) is 8.79. The quantitative estimate of drug-likeness (QED) is 0.273. The largest absolute Gasteiger partial charge is 0.506 e. The van der Waals surface area contributed by atoms with Crippen LogP contribution in [0.2, 0.25) is 0 Å². The summed E-state index contributed by atoms with van der Waals surface area (Å²) >= 11 is 1.51. The fraction of sp³-hybridized carbons (Fsp3) is 0.594. The van der Waals surface area contributed by atoms with E-state index in [0.717, 1.165) is 55.7 Å². The summed E-state index contributed by atoms with van der Waals surface area (Å²) in [6.07, 6.45) is 6.76. The first-order chi connectivity index (χ1) is 17.0. The third-order valence-electron chi connectivity index (χ3n) is 7.07. The second kappa shape index (κ2) is 14.1. The first-order valence-electron chi connectivity index (χ1n) is 13.9. The Morgan fingerprint density at radius 2 is 1.39 bits per heavy atom. The molecule has 0 saturated carbocycles. The predicted octanol–water partition coefficient (Wildman–Crippen LogP) is 9.12. The van der Waals surface area contributed by atoms with E-state index in [1.54, 1.807) is 0 Å². The average molecular weight is 512 g/mol. The molecule has 2 aromatic carbocycles. The molecule has 2 aromatic rings. The third kappa shape index (κ3) is 7.54. The van der Waals surface area contributed by atoms with Crippen LogP contribution in [0.4, 0.5) is 0 Å². The second-order valence-electron chi connectivity index (χ2n) is 11.0.